The van der Waals surface area contributed by atoms with Gasteiger partial charge in [-0.05, 0) is 17.2 Å². The first kappa shape index (κ1) is 11.9. The molecule has 89 valence electrons. The Bertz CT molecular complexity index is 432. The molecule has 0 saturated heterocycles. The molecule has 0 spiro atoms. The maximum absolute atomic E-state index is 12.1. The van der Waals surface area contributed by atoms with Gasteiger partial charge in [0, 0.05) is 6.42 Å². The van der Waals surface area contributed by atoms with E-state index in [1.807, 2.05) is 30.3 Å². The van der Waals surface area contributed by atoms with Crippen LogP contribution in [0.4, 0.5) is 13.2 Å². The van der Waals surface area contributed by atoms with Crippen LogP contribution < -0.4 is 0 Å². The van der Waals surface area contributed by atoms with Crippen LogP contribution in [0.2, 0.25) is 0 Å². The number of allylic oxidation sites excluding steroid dienone is 2. The molecule has 1 aliphatic rings. The van der Waals surface area contributed by atoms with Crippen LogP contribution in [0.3, 0.4) is 0 Å². The van der Waals surface area contributed by atoms with E-state index in [1.54, 1.807) is 12.2 Å². The van der Waals surface area contributed by atoms with Crippen molar-refractivity contribution in [1.82, 2.24) is 0 Å². The number of hydrogen-bond donors (Lipinski definition) is 0. The largest absolute Gasteiger partial charge is 0.523 e. The Hall–Kier alpha value is -1.55. The van der Waals surface area contributed by atoms with Gasteiger partial charge in [0.05, 0.1) is 0 Å². The number of benzene rings is 1. The number of halogens is 3. The minimum Gasteiger partial charge on any atom is -0.277 e. The van der Waals surface area contributed by atoms with Crippen molar-refractivity contribution in [1.29, 1.82) is 0 Å². The molecule has 0 bridgehead atoms. The fourth-order valence-electron chi connectivity index (χ4n) is 1.65. The van der Waals surface area contributed by atoms with E-state index in [0.29, 0.717) is 0 Å². The van der Waals surface area contributed by atoms with E-state index in [1.165, 1.54) is 6.08 Å². The maximum atomic E-state index is 12.1. The summed E-state index contributed by atoms with van der Waals surface area (Å²) in [5.74, 6) is 0. The lowest BCUT2D eigenvalue weighted by atomic mass is 9.96. The van der Waals surface area contributed by atoms with Crippen LogP contribution in [-0.2, 0) is 4.74 Å². The molecule has 2 rings (SSSR count). The van der Waals surface area contributed by atoms with Crippen molar-refractivity contribution in [3.63, 3.8) is 0 Å². The van der Waals surface area contributed by atoms with Gasteiger partial charge in [0.25, 0.3) is 0 Å². The lowest BCUT2D eigenvalue weighted by Gasteiger charge is -2.19. The van der Waals surface area contributed by atoms with Crippen molar-refractivity contribution in [2.45, 2.75) is 12.8 Å². The lowest BCUT2D eigenvalue weighted by Crippen LogP contribution is -2.17. The summed E-state index contributed by atoms with van der Waals surface area (Å²) >= 11 is 0. The lowest BCUT2D eigenvalue weighted by molar-refractivity contribution is -0.316. The van der Waals surface area contributed by atoms with Crippen LogP contribution in [0.1, 0.15) is 12.0 Å². The first-order valence-electron chi connectivity index (χ1n) is 5.09. The fraction of sp³-hybridized carbons (Fsp3) is 0.154. The number of ether oxygens (including phenoxy) is 1. The molecule has 0 fully saturated rings. The Balaban J connectivity index is 2.08. The highest BCUT2D eigenvalue weighted by Crippen LogP contribution is 2.33. The van der Waals surface area contributed by atoms with Crippen molar-refractivity contribution in [3.8, 4) is 0 Å². The first-order chi connectivity index (χ1) is 8.04. The molecule has 1 aliphatic carbocycles. The summed E-state index contributed by atoms with van der Waals surface area (Å²) in [5.41, 5.74) is 1.72. The summed E-state index contributed by atoms with van der Waals surface area (Å²) in [4.78, 5) is 0. The second kappa shape index (κ2) is 4.75. The van der Waals surface area contributed by atoms with Crippen LogP contribution in [0.25, 0.3) is 5.57 Å². The van der Waals surface area contributed by atoms with Crippen LogP contribution in [-0.4, -0.2) is 6.36 Å². The van der Waals surface area contributed by atoms with Crippen LogP contribution in [0, 0.1) is 6.10 Å². The monoisotopic (exact) mass is 239 g/mol. The average molecular weight is 239 g/mol. The van der Waals surface area contributed by atoms with Gasteiger partial charge in [-0.2, -0.15) is 0 Å². The van der Waals surface area contributed by atoms with Gasteiger partial charge in [-0.1, -0.05) is 42.5 Å². The third-order valence-electron chi connectivity index (χ3n) is 2.34. The predicted molar refractivity (Wildman–Crippen MR) is 58.6 cm³/mol. The van der Waals surface area contributed by atoms with Crippen LogP contribution in [0.15, 0.2) is 48.6 Å². The molecule has 4 heteroatoms. The van der Waals surface area contributed by atoms with Gasteiger partial charge in [0.2, 0.25) is 0 Å². The normalized spacial score (nSPS) is 17.0. The Kier molecular flexibility index (Phi) is 3.33. The van der Waals surface area contributed by atoms with E-state index in [4.69, 9.17) is 0 Å². The summed E-state index contributed by atoms with van der Waals surface area (Å²) < 4.78 is 40.1. The van der Waals surface area contributed by atoms with E-state index in [0.717, 1.165) is 11.1 Å². The second-order valence-electron chi connectivity index (χ2n) is 3.61. The molecule has 1 aromatic carbocycles. The summed E-state index contributed by atoms with van der Waals surface area (Å²) in [6.45, 7) is 0. The Labute approximate surface area is 97.2 Å². The van der Waals surface area contributed by atoms with Gasteiger partial charge in [-0.15, -0.1) is 13.2 Å². The van der Waals surface area contributed by atoms with E-state index in [9.17, 15) is 13.2 Å². The highest BCUT2D eigenvalue weighted by atomic mass is 19.4. The smallest absolute Gasteiger partial charge is 0.277 e. The molecule has 1 radical (unpaired) electrons. The van der Waals surface area contributed by atoms with E-state index in [2.05, 4.69) is 4.74 Å². The minimum atomic E-state index is -4.63. The quantitative estimate of drug-likeness (QED) is 0.755. The van der Waals surface area contributed by atoms with Gasteiger partial charge in [0.15, 0.2) is 0 Å². The average Bonchev–Trinajstić information content (AvgIpc) is 2.28. The Morgan fingerprint density at radius 1 is 1.06 bits per heavy atom. The van der Waals surface area contributed by atoms with Gasteiger partial charge in [-0.3, -0.25) is 4.74 Å². The zero-order valence-corrected chi connectivity index (χ0v) is 8.87. The van der Waals surface area contributed by atoms with Gasteiger partial charge < -0.3 is 0 Å². The number of alkyl halides is 3. The molecule has 0 saturated carbocycles. The van der Waals surface area contributed by atoms with E-state index >= 15 is 0 Å². The summed E-state index contributed by atoms with van der Waals surface area (Å²) in [7, 11) is 0. The zero-order chi connectivity index (χ0) is 12.3. The molecule has 1 nitrogen and oxygen atoms in total. The number of hydrogen-bond acceptors (Lipinski definition) is 1. The maximum Gasteiger partial charge on any atom is 0.523 e. The fourth-order valence-corrected chi connectivity index (χ4v) is 1.65. The van der Waals surface area contributed by atoms with Crippen molar-refractivity contribution in [3.05, 3.63) is 60.2 Å². The molecule has 0 aromatic heterocycles. The second-order valence-corrected chi connectivity index (χ2v) is 3.61. The SMILES string of the molecule is FC(F)(F)O[C]1C=CC=C(c2ccccc2)C1. The Morgan fingerprint density at radius 2 is 1.76 bits per heavy atom. The number of rotatable bonds is 2. The molecule has 17 heavy (non-hydrogen) atoms. The summed E-state index contributed by atoms with van der Waals surface area (Å²) in [6.07, 6.45) is 0.128. The standard InChI is InChI=1S/C13H10F3O/c14-13(15,16)17-12-8-4-7-11(9-12)10-5-2-1-3-6-10/h1-8H,9H2. The summed E-state index contributed by atoms with van der Waals surface area (Å²) in [5, 5.41) is 0. The molecule has 0 heterocycles. The van der Waals surface area contributed by atoms with Gasteiger partial charge in [-0.25, -0.2) is 0 Å². The molecule has 0 N–H and O–H groups in total. The molecule has 0 aliphatic heterocycles. The Morgan fingerprint density at radius 3 is 2.41 bits per heavy atom. The molecule has 0 unspecified atom stereocenters. The van der Waals surface area contributed by atoms with E-state index in [-0.39, 0.29) is 12.5 Å². The third kappa shape index (κ3) is 3.46. The molecule has 0 atom stereocenters. The third-order valence-corrected chi connectivity index (χ3v) is 2.34. The predicted octanol–water partition coefficient (Wildman–Crippen LogP) is 4.10. The molecule has 1 aromatic rings. The van der Waals surface area contributed by atoms with E-state index < -0.39 is 6.36 Å². The first-order valence-corrected chi connectivity index (χ1v) is 5.09. The highest BCUT2D eigenvalue weighted by Gasteiger charge is 2.34. The molecular weight excluding hydrogens is 229 g/mol. The van der Waals surface area contributed by atoms with Crippen molar-refractivity contribution in [2.75, 3.05) is 0 Å². The van der Waals surface area contributed by atoms with Gasteiger partial charge in [0.1, 0.15) is 6.10 Å². The van der Waals surface area contributed by atoms with Crippen molar-refractivity contribution in [2.24, 2.45) is 0 Å². The highest BCUT2D eigenvalue weighted by molar-refractivity contribution is 5.70. The van der Waals surface area contributed by atoms with Crippen LogP contribution in [0.5, 0.6) is 0 Å². The molecular formula is C13H10F3O. The van der Waals surface area contributed by atoms with Crippen LogP contribution >= 0.6 is 0 Å². The summed E-state index contributed by atoms with van der Waals surface area (Å²) in [6, 6.07) is 9.27. The zero-order valence-electron chi connectivity index (χ0n) is 8.87. The topological polar surface area (TPSA) is 9.23 Å². The molecule has 0 amide bonds. The van der Waals surface area contributed by atoms with Gasteiger partial charge >= 0.3 is 6.36 Å². The van der Waals surface area contributed by atoms with Crippen molar-refractivity contribution >= 4 is 5.57 Å². The minimum absolute atomic E-state index is 0.0844. The van der Waals surface area contributed by atoms with Crippen molar-refractivity contribution < 1.29 is 17.9 Å².